The van der Waals surface area contributed by atoms with Crippen LogP contribution in [0.4, 0.5) is 0 Å². The van der Waals surface area contributed by atoms with Crippen molar-refractivity contribution < 1.29 is 23.9 Å². The van der Waals surface area contributed by atoms with E-state index in [0.717, 1.165) is 24.7 Å². The molecular formula is C11H14O5. The summed E-state index contributed by atoms with van der Waals surface area (Å²) in [4.78, 5) is 28.0. The van der Waals surface area contributed by atoms with Gasteiger partial charge < -0.3 is 14.3 Å². The van der Waals surface area contributed by atoms with Gasteiger partial charge in [0.15, 0.2) is 0 Å². The third kappa shape index (κ3) is 22.6. The molecule has 0 aromatic rings. The highest BCUT2D eigenvalue weighted by Crippen LogP contribution is 1.75. The van der Waals surface area contributed by atoms with Gasteiger partial charge in [-0.2, -0.15) is 0 Å². The number of carbonyl (C=O) groups is 3. The topological polar surface area (TPSA) is 69.7 Å². The Balaban J connectivity index is -0.000000183. The lowest BCUT2D eigenvalue weighted by Crippen LogP contribution is -1.90. The second-order valence-electron chi connectivity index (χ2n) is 1.62. The first-order chi connectivity index (χ1) is 7.62. The molecule has 0 rings (SSSR count). The summed E-state index contributed by atoms with van der Waals surface area (Å²) in [6, 6.07) is 0. The molecule has 0 bridgehead atoms. The Hall–Kier alpha value is -2.43. The van der Waals surface area contributed by atoms with Crippen LogP contribution in [0.5, 0.6) is 0 Å². The third-order valence-corrected chi connectivity index (χ3v) is 0.732. The van der Waals surface area contributed by atoms with Gasteiger partial charge in [0.05, 0.1) is 12.5 Å². The van der Waals surface area contributed by atoms with Crippen LogP contribution in [0.3, 0.4) is 0 Å². The Morgan fingerprint density at radius 2 is 1.00 bits per heavy atom. The molecular weight excluding hydrogens is 212 g/mol. The fourth-order valence-electron chi connectivity index (χ4n) is 0.260. The monoisotopic (exact) mass is 226 g/mol. The van der Waals surface area contributed by atoms with E-state index < -0.39 is 11.9 Å². The first-order valence-electron chi connectivity index (χ1n) is 3.79. The predicted octanol–water partition coefficient (Wildman–Crippen LogP) is 1.53. The lowest BCUT2D eigenvalue weighted by Gasteiger charge is -1.85. The minimum Gasteiger partial charge on any atom is -0.432 e. The second-order valence-corrected chi connectivity index (χ2v) is 1.62. The van der Waals surface area contributed by atoms with E-state index in [1.807, 2.05) is 6.79 Å². The van der Waals surface area contributed by atoms with Gasteiger partial charge in [-0.1, -0.05) is 26.3 Å². The van der Waals surface area contributed by atoms with Crippen molar-refractivity contribution in [3.8, 4) is 0 Å². The summed E-state index contributed by atoms with van der Waals surface area (Å²) in [6.07, 6.45) is 4.26. The Kier molecular flexibility index (Phi) is 22.0. The standard InChI is InChI=1S/2C5H6O2.CH2O/c2*1-3-5(6)7-4-2;1-2/h2*3-4H,1-2H2;1H2. The average molecular weight is 226 g/mol. The lowest BCUT2D eigenvalue weighted by molar-refractivity contribution is -0.133. The van der Waals surface area contributed by atoms with Gasteiger partial charge in [0, 0.05) is 12.2 Å². The molecule has 0 N–H and O–H groups in total. The fraction of sp³-hybridized carbons (Fsp3) is 0. The van der Waals surface area contributed by atoms with Crippen LogP contribution in [0.15, 0.2) is 51.0 Å². The van der Waals surface area contributed by atoms with Crippen molar-refractivity contribution >= 4 is 18.7 Å². The summed E-state index contributed by atoms with van der Waals surface area (Å²) in [5.74, 6) is -0.954. The minimum absolute atomic E-state index is 0.477. The number of carbonyl (C=O) groups excluding carboxylic acids is 3. The van der Waals surface area contributed by atoms with Gasteiger partial charge in [-0.05, 0) is 0 Å². The van der Waals surface area contributed by atoms with Crippen LogP contribution >= 0.6 is 0 Å². The van der Waals surface area contributed by atoms with Gasteiger partial charge in [0.25, 0.3) is 0 Å². The van der Waals surface area contributed by atoms with Crippen molar-refractivity contribution in [3.05, 3.63) is 51.0 Å². The van der Waals surface area contributed by atoms with E-state index in [2.05, 4.69) is 35.8 Å². The van der Waals surface area contributed by atoms with Crippen molar-refractivity contribution in [2.75, 3.05) is 0 Å². The van der Waals surface area contributed by atoms with Crippen LogP contribution in [0.25, 0.3) is 0 Å². The Morgan fingerprint density at radius 3 is 1.06 bits per heavy atom. The Labute approximate surface area is 94.4 Å². The average Bonchev–Trinajstić information content (AvgIpc) is 2.33. The maximum absolute atomic E-state index is 10.0. The van der Waals surface area contributed by atoms with Crippen molar-refractivity contribution in [1.29, 1.82) is 0 Å². The molecule has 0 saturated carbocycles. The SMILES string of the molecule is C=COC(=O)C=C.C=COC(=O)C=C.C=O. The zero-order chi connectivity index (χ0) is 13.4. The highest BCUT2D eigenvalue weighted by atomic mass is 16.5. The zero-order valence-corrected chi connectivity index (χ0v) is 8.89. The van der Waals surface area contributed by atoms with Gasteiger partial charge in [-0.25, -0.2) is 9.59 Å². The summed E-state index contributed by atoms with van der Waals surface area (Å²) in [5, 5.41) is 0. The molecule has 0 aliphatic carbocycles. The van der Waals surface area contributed by atoms with Gasteiger partial charge in [-0.3, -0.25) is 0 Å². The second kappa shape index (κ2) is 18.4. The molecule has 0 amide bonds. The van der Waals surface area contributed by atoms with E-state index in [9.17, 15) is 9.59 Å². The van der Waals surface area contributed by atoms with E-state index in [0.29, 0.717) is 0 Å². The molecule has 0 radical (unpaired) electrons. The molecule has 16 heavy (non-hydrogen) atoms. The lowest BCUT2D eigenvalue weighted by atomic mass is 10.7. The quantitative estimate of drug-likeness (QED) is 0.413. The van der Waals surface area contributed by atoms with Crippen LogP contribution in [-0.4, -0.2) is 18.7 Å². The van der Waals surface area contributed by atoms with Gasteiger partial charge in [0.1, 0.15) is 6.79 Å². The fourth-order valence-corrected chi connectivity index (χ4v) is 0.260. The molecule has 5 heteroatoms. The molecule has 0 aromatic carbocycles. The van der Waals surface area contributed by atoms with Crippen molar-refractivity contribution in [2.45, 2.75) is 0 Å². The van der Waals surface area contributed by atoms with E-state index in [1.165, 1.54) is 0 Å². The maximum atomic E-state index is 10.0. The van der Waals surface area contributed by atoms with E-state index in [1.54, 1.807) is 0 Å². The molecule has 88 valence electrons. The molecule has 0 aromatic heterocycles. The summed E-state index contributed by atoms with van der Waals surface area (Å²) in [6.45, 7) is 14.6. The Morgan fingerprint density at radius 1 is 0.750 bits per heavy atom. The minimum atomic E-state index is -0.477. The summed E-state index contributed by atoms with van der Waals surface area (Å²) in [7, 11) is 0. The van der Waals surface area contributed by atoms with E-state index >= 15 is 0 Å². The molecule has 0 aliphatic heterocycles. The van der Waals surface area contributed by atoms with E-state index in [-0.39, 0.29) is 0 Å². The van der Waals surface area contributed by atoms with Crippen LogP contribution < -0.4 is 0 Å². The van der Waals surface area contributed by atoms with E-state index in [4.69, 9.17) is 4.79 Å². The largest absolute Gasteiger partial charge is 0.432 e. The maximum Gasteiger partial charge on any atom is 0.334 e. The van der Waals surface area contributed by atoms with Gasteiger partial charge >= 0.3 is 11.9 Å². The number of hydrogen-bond donors (Lipinski definition) is 0. The summed E-state index contributed by atoms with van der Waals surface area (Å²) >= 11 is 0. The molecule has 5 nitrogen and oxygen atoms in total. The first kappa shape index (κ1) is 19.2. The normalized spacial score (nSPS) is 6.25. The predicted molar refractivity (Wildman–Crippen MR) is 60.1 cm³/mol. The molecule has 0 fully saturated rings. The van der Waals surface area contributed by atoms with Crippen LogP contribution in [-0.2, 0) is 23.9 Å². The number of ether oxygens (including phenoxy) is 2. The first-order valence-corrected chi connectivity index (χ1v) is 3.79. The molecule has 0 atom stereocenters. The number of rotatable bonds is 4. The molecule has 0 spiro atoms. The van der Waals surface area contributed by atoms with Crippen LogP contribution in [0.1, 0.15) is 0 Å². The van der Waals surface area contributed by atoms with Crippen molar-refractivity contribution in [3.63, 3.8) is 0 Å². The smallest absolute Gasteiger partial charge is 0.334 e. The van der Waals surface area contributed by atoms with Crippen molar-refractivity contribution in [1.82, 2.24) is 0 Å². The highest BCUT2D eigenvalue weighted by molar-refractivity contribution is 5.81. The highest BCUT2D eigenvalue weighted by Gasteiger charge is 1.85. The molecule has 0 saturated heterocycles. The number of hydrogen-bond acceptors (Lipinski definition) is 5. The molecule has 0 heterocycles. The number of esters is 2. The summed E-state index contributed by atoms with van der Waals surface area (Å²) in [5.41, 5.74) is 0. The van der Waals surface area contributed by atoms with Gasteiger partial charge in [-0.15, -0.1) is 0 Å². The Bertz CT molecular complexity index is 229. The summed E-state index contributed by atoms with van der Waals surface area (Å²) < 4.78 is 8.40. The third-order valence-electron chi connectivity index (χ3n) is 0.732. The molecule has 0 aliphatic rings. The van der Waals surface area contributed by atoms with Crippen molar-refractivity contribution in [2.24, 2.45) is 0 Å². The van der Waals surface area contributed by atoms with Crippen LogP contribution in [0.2, 0.25) is 0 Å². The van der Waals surface area contributed by atoms with Crippen LogP contribution in [0, 0.1) is 0 Å². The zero-order valence-electron chi connectivity index (χ0n) is 8.89. The molecule has 0 unspecified atom stereocenters. The van der Waals surface area contributed by atoms with Gasteiger partial charge in [0.2, 0.25) is 0 Å².